The number of imidazole rings is 1. The molecule has 0 radical (unpaired) electrons. The Kier molecular flexibility index (Phi) is 10.8. The minimum absolute atomic E-state index is 0. The number of nitrogens with zero attached hydrogens (tertiary/aromatic N) is 3. The van der Waals surface area contributed by atoms with Crippen molar-refractivity contribution >= 4 is 40.7 Å². The van der Waals surface area contributed by atoms with Gasteiger partial charge in [0.25, 0.3) is 0 Å². The van der Waals surface area contributed by atoms with Gasteiger partial charge in [0.1, 0.15) is 12.4 Å². The van der Waals surface area contributed by atoms with E-state index in [1.807, 2.05) is 25.4 Å². The zero-order valence-corrected chi connectivity index (χ0v) is 21.1. The summed E-state index contributed by atoms with van der Waals surface area (Å²) in [6.45, 7) is 6.20. The summed E-state index contributed by atoms with van der Waals surface area (Å²) in [6, 6.07) is 10.7. The molecule has 1 aromatic carbocycles. The van der Waals surface area contributed by atoms with Crippen molar-refractivity contribution in [2.24, 2.45) is 4.99 Å². The quantitative estimate of drug-likeness (QED) is 0.303. The predicted molar refractivity (Wildman–Crippen MR) is 136 cm³/mol. The minimum atomic E-state index is -0.717. The predicted octanol–water partition coefficient (Wildman–Crippen LogP) is 3.68. The SMILES string of the molecule is CCNC(=NCc1nccn1Cc1ccccc1)NC1CCCC(S(=O)CC)C1.I. The second-order valence-electron chi connectivity index (χ2n) is 7.45. The Morgan fingerprint density at radius 2 is 2.07 bits per heavy atom. The Hall–Kier alpha value is -1.42. The Bertz CT molecular complexity index is 811. The van der Waals surface area contributed by atoms with Gasteiger partial charge in [0.15, 0.2) is 5.96 Å². The molecule has 0 aliphatic heterocycles. The third-order valence-electron chi connectivity index (χ3n) is 5.34. The van der Waals surface area contributed by atoms with Crippen LogP contribution >= 0.6 is 24.0 Å². The number of nitrogens with one attached hydrogen (secondary N) is 2. The lowest BCUT2D eigenvalue weighted by atomic mass is 9.95. The first kappa shape index (κ1) is 24.8. The van der Waals surface area contributed by atoms with E-state index >= 15 is 0 Å². The van der Waals surface area contributed by atoms with Crippen LogP contribution in [0.4, 0.5) is 0 Å². The van der Waals surface area contributed by atoms with Gasteiger partial charge in [-0.2, -0.15) is 0 Å². The van der Waals surface area contributed by atoms with Gasteiger partial charge < -0.3 is 15.2 Å². The molecule has 8 heteroatoms. The van der Waals surface area contributed by atoms with Crippen LogP contribution in [0.15, 0.2) is 47.7 Å². The zero-order valence-electron chi connectivity index (χ0n) is 17.9. The van der Waals surface area contributed by atoms with Gasteiger partial charge in [-0.1, -0.05) is 43.7 Å². The van der Waals surface area contributed by atoms with Gasteiger partial charge >= 0.3 is 0 Å². The maximum Gasteiger partial charge on any atom is 0.191 e. The summed E-state index contributed by atoms with van der Waals surface area (Å²) in [7, 11) is -0.717. The minimum Gasteiger partial charge on any atom is -0.357 e. The average Bonchev–Trinajstić information content (AvgIpc) is 3.19. The fourth-order valence-electron chi connectivity index (χ4n) is 3.83. The third-order valence-corrected chi connectivity index (χ3v) is 7.08. The summed E-state index contributed by atoms with van der Waals surface area (Å²) in [6.07, 6.45) is 8.08. The van der Waals surface area contributed by atoms with Gasteiger partial charge in [0.2, 0.25) is 0 Å². The Morgan fingerprint density at radius 1 is 1.27 bits per heavy atom. The number of aliphatic imine (C=N–C) groups is 1. The first-order valence-corrected chi connectivity index (χ1v) is 12.0. The smallest absolute Gasteiger partial charge is 0.191 e. The van der Waals surface area contributed by atoms with Crippen LogP contribution in [0.1, 0.15) is 50.9 Å². The van der Waals surface area contributed by atoms with Crippen LogP contribution in [0.5, 0.6) is 0 Å². The number of hydrogen-bond acceptors (Lipinski definition) is 3. The van der Waals surface area contributed by atoms with E-state index in [0.717, 1.165) is 56.3 Å². The lowest BCUT2D eigenvalue weighted by Gasteiger charge is -2.30. The van der Waals surface area contributed by atoms with Crippen molar-refractivity contribution in [1.82, 2.24) is 20.2 Å². The largest absolute Gasteiger partial charge is 0.357 e. The van der Waals surface area contributed by atoms with Gasteiger partial charge in [0.05, 0.1) is 0 Å². The van der Waals surface area contributed by atoms with Gasteiger partial charge in [-0.05, 0) is 31.7 Å². The molecule has 30 heavy (non-hydrogen) atoms. The molecule has 3 rings (SSSR count). The summed E-state index contributed by atoms with van der Waals surface area (Å²) in [5, 5.41) is 7.21. The number of hydrogen-bond donors (Lipinski definition) is 2. The average molecular weight is 544 g/mol. The van der Waals surface area contributed by atoms with E-state index in [4.69, 9.17) is 4.99 Å². The number of aromatic nitrogens is 2. The van der Waals surface area contributed by atoms with Crippen molar-refractivity contribution in [2.75, 3.05) is 12.3 Å². The molecule has 0 amide bonds. The van der Waals surface area contributed by atoms with Crippen LogP contribution in [0.3, 0.4) is 0 Å². The second-order valence-corrected chi connectivity index (χ2v) is 9.46. The molecule has 2 N–H and O–H groups in total. The molecule has 0 spiro atoms. The molecule has 3 atom stereocenters. The summed E-state index contributed by atoms with van der Waals surface area (Å²) in [4.78, 5) is 9.28. The highest BCUT2D eigenvalue weighted by atomic mass is 127. The zero-order chi connectivity index (χ0) is 20.5. The summed E-state index contributed by atoms with van der Waals surface area (Å²) >= 11 is 0. The van der Waals surface area contributed by atoms with E-state index in [0.29, 0.717) is 17.8 Å². The highest BCUT2D eigenvalue weighted by Crippen LogP contribution is 2.23. The third kappa shape index (κ3) is 7.37. The van der Waals surface area contributed by atoms with Crippen molar-refractivity contribution in [3.05, 3.63) is 54.1 Å². The number of guanidine groups is 1. The molecule has 1 aromatic heterocycles. The Balaban J connectivity index is 0.00000320. The molecular weight excluding hydrogens is 509 g/mol. The van der Waals surface area contributed by atoms with E-state index in [1.54, 1.807) is 0 Å². The maximum absolute atomic E-state index is 12.2. The Morgan fingerprint density at radius 3 is 2.80 bits per heavy atom. The van der Waals surface area contributed by atoms with Crippen molar-refractivity contribution < 1.29 is 4.21 Å². The van der Waals surface area contributed by atoms with Crippen molar-refractivity contribution in [3.8, 4) is 0 Å². The first-order valence-electron chi connectivity index (χ1n) is 10.7. The maximum atomic E-state index is 12.2. The molecule has 1 fully saturated rings. The normalized spacial score (nSPS) is 20.3. The highest BCUT2D eigenvalue weighted by Gasteiger charge is 2.26. The topological polar surface area (TPSA) is 71.3 Å². The molecule has 1 aliphatic rings. The molecule has 0 bridgehead atoms. The first-order chi connectivity index (χ1) is 14.2. The van der Waals surface area contributed by atoms with E-state index < -0.39 is 10.8 Å². The van der Waals surface area contributed by atoms with Crippen LogP contribution in [0.25, 0.3) is 0 Å². The molecule has 2 aromatic rings. The van der Waals surface area contributed by atoms with Crippen molar-refractivity contribution in [3.63, 3.8) is 0 Å². The van der Waals surface area contributed by atoms with E-state index in [9.17, 15) is 4.21 Å². The highest BCUT2D eigenvalue weighted by molar-refractivity contribution is 14.0. The van der Waals surface area contributed by atoms with Crippen molar-refractivity contribution in [2.45, 2.75) is 63.9 Å². The van der Waals surface area contributed by atoms with Gasteiger partial charge in [-0.15, -0.1) is 24.0 Å². The fourth-order valence-corrected chi connectivity index (χ4v) is 5.18. The van der Waals surface area contributed by atoms with E-state index in [1.165, 1.54) is 5.56 Å². The molecule has 1 saturated carbocycles. The molecular formula is C22H34IN5OS. The van der Waals surface area contributed by atoms with Gasteiger partial charge in [-0.3, -0.25) is 4.21 Å². The standard InChI is InChI=1S/C22H33N5OS.HI/c1-3-23-22(26-19-11-8-12-20(15-19)29(28)4-2)25-16-21-24-13-14-27(21)17-18-9-6-5-7-10-18;/h5-7,9-10,13-14,19-20H,3-4,8,11-12,15-17H2,1-2H3,(H2,23,25,26);1H. The molecule has 6 nitrogen and oxygen atoms in total. The summed E-state index contributed by atoms with van der Waals surface area (Å²) in [5.41, 5.74) is 1.25. The number of rotatable bonds is 8. The fraction of sp³-hybridized carbons (Fsp3) is 0.545. The molecule has 3 unspecified atom stereocenters. The van der Waals surface area contributed by atoms with Crippen LogP contribution in [0.2, 0.25) is 0 Å². The lowest BCUT2D eigenvalue weighted by molar-refractivity contribution is 0.413. The monoisotopic (exact) mass is 543 g/mol. The van der Waals surface area contributed by atoms with Crippen LogP contribution in [-0.4, -0.2) is 43.3 Å². The molecule has 0 saturated heterocycles. The van der Waals surface area contributed by atoms with E-state index in [-0.39, 0.29) is 24.0 Å². The van der Waals surface area contributed by atoms with Crippen LogP contribution in [-0.2, 0) is 23.9 Å². The number of halogens is 1. The second kappa shape index (κ2) is 13.1. The Labute approximate surface area is 199 Å². The van der Waals surface area contributed by atoms with E-state index in [2.05, 4.69) is 51.4 Å². The van der Waals surface area contributed by atoms with Crippen LogP contribution in [0, 0.1) is 0 Å². The summed E-state index contributed by atoms with van der Waals surface area (Å²) in [5.74, 6) is 2.50. The van der Waals surface area contributed by atoms with Gasteiger partial charge in [0, 0.05) is 53.3 Å². The molecule has 1 heterocycles. The van der Waals surface area contributed by atoms with Gasteiger partial charge in [-0.25, -0.2) is 9.98 Å². The van der Waals surface area contributed by atoms with Crippen LogP contribution < -0.4 is 10.6 Å². The number of benzene rings is 1. The molecule has 1 aliphatic carbocycles. The molecule has 166 valence electrons. The van der Waals surface area contributed by atoms with Crippen molar-refractivity contribution in [1.29, 1.82) is 0 Å². The lowest BCUT2D eigenvalue weighted by Crippen LogP contribution is -2.46. The summed E-state index contributed by atoms with van der Waals surface area (Å²) < 4.78 is 14.4.